The zero-order valence-corrected chi connectivity index (χ0v) is 14.1. The lowest BCUT2D eigenvalue weighted by atomic mass is 9.84. The van der Waals surface area contributed by atoms with Crippen LogP contribution in [0.2, 0.25) is 0 Å². The molecule has 3 rings (SSSR count). The minimum absolute atomic E-state index is 0.00613. The number of alkyl halides is 9. The first kappa shape index (κ1) is 21.0. The minimum atomic E-state index is -5.35. The first-order valence-corrected chi connectivity index (χ1v) is 7.91. The van der Waals surface area contributed by atoms with Crippen molar-refractivity contribution in [2.45, 2.75) is 30.6 Å². The van der Waals surface area contributed by atoms with Gasteiger partial charge in [0.2, 0.25) is 0 Å². The number of nitrogens with zero attached hydrogens (tertiary/aromatic N) is 1. The van der Waals surface area contributed by atoms with E-state index in [2.05, 4.69) is 9.99 Å². The van der Waals surface area contributed by atoms with Gasteiger partial charge in [0.25, 0.3) is 5.60 Å². The average molecular weight is 427 g/mol. The van der Waals surface area contributed by atoms with Crippen molar-refractivity contribution >= 4 is 5.71 Å². The summed E-state index contributed by atoms with van der Waals surface area (Å²) in [7, 11) is 0. The zero-order valence-electron chi connectivity index (χ0n) is 14.1. The maximum absolute atomic E-state index is 13.9. The van der Waals surface area contributed by atoms with Gasteiger partial charge in [-0.1, -0.05) is 35.5 Å². The normalized spacial score (nSPS) is 20.4. The van der Waals surface area contributed by atoms with Gasteiger partial charge in [-0.25, -0.2) is 0 Å². The lowest BCUT2D eigenvalue weighted by Crippen LogP contribution is -2.43. The number of oxime groups is 1. The predicted molar refractivity (Wildman–Crippen MR) is 82.9 cm³/mol. The van der Waals surface area contributed by atoms with E-state index in [9.17, 15) is 39.5 Å². The molecule has 0 N–H and O–H groups in total. The smallest absolute Gasteiger partial charge is 0.374 e. The third kappa shape index (κ3) is 3.90. The second-order valence-corrected chi connectivity index (χ2v) is 6.29. The Morgan fingerprint density at radius 1 is 0.759 bits per heavy atom. The highest BCUT2D eigenvalue weighted by atomic mass is 19.4. The van der Waals surface area contributed by atoms with Gasteiger partial charge in [-0.3, -0.25) is 0 Å². The number of benzene rings is 2. The molecule has 0 radical (unpaired) electrons. The van der Waals surface area contributed by atoms with E-state index in [4.69, 9.17) is 0 Å². The molecule has 1 unspecified atom stereocenters. The van der Waals surface area contributed by atoms with E-state index in [0.29, 0.717) is 0 Å². The third-order valence-corrected chi connectivity index (χ3v) is 4.35. The maximum Gasteiger partial charge on any atom is 0.435 e. The highest BCUT2D eigenvalue weighted by Gasteiger charge is 2.63. The summed E-state index contributed by atoms with van der Waals surface area (Å²) in [5, 5.41) is 3.32. The van der Waals surface area contributed by atoms with Gasteiger partial charge in [0, 0.05) is 12.0 Å². The van der Waals surface area contributed by atoms with Crippen LogP contribution < -0.4 is 0 Å². The first-order valence-electron chi connectivity index (χ1n) is 7.91. The van der Waals surface area contributed by atoms with Gasteiger partial charge in [0.1, 0.15) is 0 Å². The highest BCUT2D eigenvalue weighted by Crippen LogP contribution is 2.50. The molecule has 29 heavy (non-hydrogen) atoms. The Morgan fingerprint density at radius 2 is 1.28 bits per heavy atom. The summed E-state index contributed by atoms with van der Waals surface area (Å²) in [5.74, 6) is 0. The van der Waals surface area contributed by atoms with Crippen molar-refractivity contribution in [3.8, 4) is 0 Å². The average Bonchev–Trinajstić information content (AvgIpc) is 3.07. The fourth-order valence-electron chi connectivity index (χ4n) is 2.88. The molecule has 2 aromatic rings. The number of hydrogen-bond donors (Lipinski definition) is 0. The van der Waals surface area contributed by atoms with Crippen LogP contribution in [-0.4, -0.2) is 11.9 Å². The number of halogens is 9. The van der Waals surface area contributed by atoms with Crippen molar-refractivity contribution in [2.24, 2.45) is 5.16 Å². The van der Waals surface area contributed by atoms with Crippen LogP contribution >= 0.6 is 0 Å². The first-order chi connectivity index (χ1) is 13.2. The van der Waals surface area contributed by atoms with Gasteiger partial charge < -0.3 is 4.84 Å². The van der Waals surface area contributed by atoms with Gasteiger partial charge in [0.05, 0.1) is 16.8 Å². The van der Waals surface area contributed by atoms with Crippen LogP contribution in [0, 0.1) is 0 Å². The van der Waals surface area contributed by atoms with Gasteiger partial charge in [-0.05, 0) is 23.8 Å². The highest BCUT2D eigenvalue weighted by molar-refractivity contribution is 6.01. The molecule has 0 saturated heterocycles. The molecule has 1 heterocycles. The summed E-state index contributed by atoms with van der Waals surface area (Å²) < 4.78 is 120. The van der Waals surface area contributed by atoms with Crippen molar-refractivity contribution in [1.82, 2.24) is 0 Å². The number of hydrogen-bond acceptors (Lipinski definition) is 2. The standard InChI is InChI=1S/C18H10F9NO/c19-16(20,21)12-6-11(7-13(8-12)17(22,23)24)15(18(25,26)27)9-14(28-29-15)10-4-2-1-3-5-10/h1-8H,9H2. The van der Waals surface area contributed by atoms with Gasteiger partial charge in [0.15, 0.2) is 0 Å². The Kier molecular flexibility index (Phi) is 4.83. The van der Waals surface area contributed by atoms with E-state index in [1.807, 2.05) is 0 Å². The molecule has 0 saturated carbocycles. The van der Waals surface area contributed by atoms with E-state index >= 15 is 0 Å². The van der Waals surface area contributed by atoms with Crippen molar-refractivity contribution in [3.63, 3.8) is 0 Å². The quantitative estimate of drug-likeness (QED) is 0.515. The van der Waals surface area contributed by atoms with Crippen molar-refractivity contribution < 1.29 is 44.4 Å². The molecule has 1 atom stereocenters. The van der Waals surface area contributed by atoms with Gasteiger partial charge in [-0.15, -0.1) is 0 Å². The Balaban J connectivity index is 2.17. The van der Waals surface area contributed by atoms with Crippen LogP contribution in [0.3, 0.4) is 0 Å². The Bertz CT molecular complexity index is 897. The molecule has 2 aromatic carbocycles. The van der Waals surface area contributed by atoms with Gasteiger partial charge in [-0.2, -0.15) is 39.5 Å². The van der Waals surface area contributed by atoms with Gasteiger partial charge >= 0.3 is 18.5 Å². The maximum atomic E-state index is 13.9. The summed E-state index contributed by atoms with van der Waals surface area (Å²) in [5.41, 5.74) is -8.62. The van der Waals surface area contributed by atoms with Crippen LogP contribution in [0.5, 0.6) is 0 Å². The fraction of sp³-hybridized carbons (Fsp3) is 0.278. The van der Waals surface area contributed by atoms with E-state index < -0.39 is 47.2 Å². The molecule has 2 nitrogen and oxygen atoms in total. The summed E-state index contributed by atoms with van der Waals surface area (Å²) in [4.78, 5) is 4.52. The molecule has 156 valence electrons. The van der Waals surface area contributed by atoms with Crippen molar-refractivity contribution in [2.75, 3.05) is 0 Å². The summed E-state index contributed by atoms with van der Waals surface area (Å²) in [6, 6.07) is 7.08. The Morgan fingerprint density at radius 3 is 1.72 bits per heavy atom. The molecule has 0 aliphatic carbocycles. The molecule has 0 spiro atoms. The lowest BCUT2D eigenvalue weighted by Gasteiger charge is -2.30. The van der Waals surface area contributed by atoms with E-state index in [1.54, 1.807) is 6.07 Å². The monoisotopic (exact) mass is 427 g/mol. The second-order valence-electron chi connectivity index (χ2n) is 6.29. The predicted octanol–water partition coefficient (Wildman–Crippen LogP) is 6.31. The third-order valence-electron chi connectivity index (χ3n) is 4.35. The van der Waals surface area contributed by atoms with Crippen LogP contribution in [0.15, 0.2) is 53.7 Å². The van der Waals surface area contributed by atoms with Crippen molar-refractivity contribution in [1.29, 1.82) is 0 Å². The minimum Gasteiger partial charge on any atom is -0.374 e. The molecule has 0 amide bonds. The summed E-state index contributed by atoms with van der Waals surface area (Å²) >= 11 is 0. The molecule has 0 bridgehead atoms. The Hall–Kier alpha value is -2.72. The van der Waals surface area contributed by atoms with E-state index in [0.717, 1.165) is 0 Å². The SMILES string of the molecule is FC(F)(F)c1cc(C(F)(F)F)cc(C2(C(F)(F)F)CC(c3ccccc3)=NO2)c1. The second kappa shape index (κ2) is 6.67. The molecular formula is C18H10F9NO. The largest absolute Gasteiger partial charge is 0.435 e. The molecule has 0 aromatic heterocycles. The molecule has 11 heteroatoms. The summed E-state index contributed by atoms with van der Waals surface area (Å²) in [6.07, 6.45) is -17.0. The Labute approximate surface area is 157 Å². The van der Waals surface area contributed by atoms with Crippen LogP contribution in [0.1, 0.15) is 28.7 Å². The van der Waals surface area contributed by atoms with E-state index in [1.165, 1.54) is 24.3 Å². The number of rotatable bonds is 2. The molecular weight excluding hydrogens is 417 g/mol. The summed E-state index contributed by atoms with van der Waals surface area (Å²) in [6.45, 7) is 0. The van der Waals surface area contributed by atoms with Crippen LogP contribution in [-0.2, 0) is 22.8 Å². The molecule has 0 fully saturated rings. The van der Waals surface area contributed by atoms with E-state index in [-0.39, 0.29) is 29.5 Å². The topological polar surface area (TPSA) is 21.6 Å². The molecule has 1 aliphatic rings. The lowest BCUT2D eigenvalue weighted by molar-refractivity contribution is -0.276. The van der Waals surface area contributed by atoms with Crippen LogP contribution in [0.25, 0.3) is 0 Å². The van der Waals surface area contributed by atoms with Crippen LogP contribution in [0.4, 0.5) is 39.5 Å². The zero-order chi connectivity index (χ0) is 21.7. The van der Waals surface area contributed by atoms with Crippen molar-refractivity contribution in [3.05, 3.63) is 70.8 Å². The fourth-order valence-corrected chi connectivity index (χ4v) is 2.88. The molecule has 1 aliphatic heterocycles.